The van der Waals surface area contributed by atoms with Crippen LogP contribution in [-0.4, -0.2) is 43.1 Å². The number of nitrogens with zero attached hydrogens (tertiary/aromatic N) is 2. The second-order valence-corrected chi connectivity index (χ2v) is 11.0. The molecule has 0 amide bonds. The van der Waals surface area contributed by atoms with E-state index in [4.69, 9.17) is 25.4 Å². The molecule has 0 aliphatic carbocycles. The second-order valence-electron chi connectivity index (χ2n) is 9.29. The summed E-state index contributed by atoms with van der Waals surface area (Å²) in [6, 6.07) is 14.9. The van der Waals surface area contributed by atoms with Crippen LogP contribution in [0.25, 0.3) is 21.8 Å². The van der Waals surface area contributed by atoms with Gasteiger partial charge in [-0.3, -0.25) is 14.3 Å². The van der Waals surface area contributed by atoms with Crippen LogP contribution in [0.1, 0.15) is 36.0 Å². The topological polar surface area (TPSA) is 156 Å². The van der Waals surface area contributed by atoms with Crippen molar-refractivity contribution in [2.45, 2.75) is 44.2 Å². The first-order chi connectivity index (χ1) is 18.4. The van der Waals surface area contributed by atoms with E-state index in [1.54, 1.807) is 18.3 Å². The van der Waals surface area contributed by atoms with Crippen LogP contribution < -0.4 is 10.5 Å². The van der Waals surface area contributed by atoms with Crippen LogP contribution in [0.15, 0.2) is 54.7 Å². The summed E-state index contributed by atoms with van der Waals surface area (Å²) in [5, 5.41) is 10.7. The van der Waals surface area contributed by atoms with Crippen LogP contribution >= 0.6 is 7.60 Å². The molecular formula is C27H28F2N3O6P. The van der Waals surface area contributed by atoms with E-state index >= 15 is 0 Å². The summed E-state index contributed by atoms with van der Waals surface area (Å²) >= 11 is 0. The number of ether oxygens (including phenoxy) is 1. The molecule has 0 unspecified atom stereocenters. The fourth-order valence-corrected chi connectivity index (χ4v) is 4.65. The first-order valence-electron chi connectivity index (χ1n) is 12.3. The number of carboxylic acids is 1. The lowest BCUT2D eigenvalue weighted by atomic mass is 10.0. The summed E-state index contributed by atoms with van der Waals surface area (Å²) in [6.07, 6.45) is 2.44. The number of aliphatic carboxylic acids is 1. The largest absolute Gasteiger partial charge is 0.494 e. The number of nitrogens with two attached hydrogens (primary N) is 1. The van der Waals surface area contributed by atoms with Gasteiger partial charge in [-0.2, -0.15) is 8.78 Å². The number of hydrogen-bond acceptors (Lipinski definition) is 6. The number of hydrogen-bond donors (Lipinski definition) is 4. The Hall–Kier alpha value is -3.66. The number of anilines is 1. The van der Waals surface area contributed by atoms with Crippen molar-refractivity contribution in [2.75, 3.05) is 12.3 Å². The van der Waals surface area contributed by atoms with Crippen LogP contribution in [0.4, 0.5) is 14.6 Å². The highest BCUT2D eigenvalue weighted by Crippen LogP contribution is 2.55. The van der Waals surface area contributed by atoms with Crippen LogP contribution in [0.3, 0.4) is 0 Å². The van der Waals surface area contributed by atoms with Crippen LogP contribution in [-0.2, 0) is 28.6 Å². The average Bonchev–Trinajstić information content (AvgIpc) is 2.88. The number of aryl methyl sites for hydroxylation is 3. The zero-order valence-electron chi connectivity index (χ0n) is 20.9. The molecule has 2 aromatic carbocycles. The van der Waals surface area contributed by atoms with Crippen molar-refractivity contribution < 1.29 is 37.8 Å². The predicted octanol–water partition coefficient (Wildman–Crippen LogP) is 5.10. The molecule has 0 aliphatic heterocycles. The lowest BCUT2D eigenvalue weighted by Gasteiger charge is -2.17. The molecular weight excluding hydrogens is 531 g/mol. The molecule has 0 spiro atoms. The Morgan fingerprint density at radius 2 is 1.67 bits per heavy atom. The molecule has 5 N–H and O–H groups in total. The highest BCUT2D eigenvalue weighted by atomic mass is 31.2. The van der Waals surface area contributed by atoms with Gasteiger partial charge in [0.15, 0.2) is 5.82 Å². The Morgan fingerprint density at radius 1 is 0.974 bits per heavy atom. The number of halogens is 2. The molecule has 12 heteroatoms. The molecule has 9 nitrogen and oxygen atoms in total. The van der Waals surface area contributed by atoms with Crippen molar-refractivity contribution >= 4 is 41.2 Å². The number of carbonyl (C=O) groups is 1. The zero-order chi connectivity index (χ0) is 28.2. The van der Waals surface area contributed by atoms with Crippen molar-refractivity contribution in [3.8, 4) is 5.75 Å². The summed E-state index contributed by atoms with van der Waals surface area (Å²) in [5.74, 6) is -0.0799. The number of nitrogen functional groups attached to an aromatic ring is 1. The molecule has 2 aromatic heterocycles. The molecule has 0 fully saturated rings. The Bertz CT molecular complexity index is 1540. The minimum Gasteiger partial charge on any atom is -0.494 e. The van der Waals surface area contributed by atoms with Crippen molar-refractivity contribution in [1.29, 1.82) is 0 Å². The van der Waals surface area contributed by atoms with Gasteiger partial charge in [-0.1, -0.05) is 24.3 Å². The van der Waals surface area contributed by atoms with Gasteiger partial charge in [0, 0.05) is 29.8 Å². The zero-order valence-corrected chi connectivity index (χ0v) is 21.8. The van der Waals surface area contributed by atoms with Gasteiger partial charge >= 0.3 is 19.2 Å². The number of fused-ring (bicyclic) bond motifs is 3. The van der Waals surface area contributed by atoms with E-state index in [1.165, 1.54) is 0 Å². The Balaban J connectivity index is 1.39. The second kappa shape index (κ2) is 11.6. The number of carboxylic acid groups (broad SMARTS) is 1. The Morgan fingerprint density at radius 3 is 2.36 bits per heavy atom. The molecule has 0 bridgehead atoms. The van der Waals surface area contributed by atoms with Crippen LogP contribution in [0.5, 0.6) is 5.75 Å². The molecule has 0 saturated carbocycles. The Kier molecular flexibility index (Phi) is 8.44. The smallest absolute Gasteiger partial charge is 0.394 e. The predicted molar refractivity (Wildman–Crippen MR) is 143 cm³/mol. The fourth-order valence-electron chi connectivity index (χ4n) is 4.20. The van der Waals surface area contributed by atoms with Gasteiger partial charge in [0.05, 0.1) is 12.1 Å². The van der Waals surface area contributed by atoms with Crippen molar-refractivity contribution in [3.05, 3.63) is 71.4 Å². The van der Waals surface area contributed by atoms with E-state index in [1.807, 2.05) is 36.4 Å². The first kappa shape index (κ1) is 28.4. The van der Waals surface area contributed by atoms with Crippen molar-refractivity contribution in [2.24, 2.45) is 0 Å². The van der Waals surface area contributed by atoms with Gasteiger partial charge < -0.3 is 25.4 Å². The lowest BCUT2D eigenvalue weighted by Crippen LogP contribution is -2.17. The number of rotatable bonds is 12. The lowest BCUT2D eigenvalue weighted by molar-refractivity contribution is -0.136. The summed E-state index contributed by atoms with van der Waals surface area (Å²) in [7, 11) is -5.48. The molecule has 4 aromatic rings. The maximum atomic E-state index is 13.3. The highest BCUT2D eigenvalue weighted by molar-refractivity contribution is 7.53. The van der Waals surface area contributed by atoms with Gasteiger partial charge in [-0.15, -0.1) is 0 Å². The van der Waals surface area contributed by atoms with E-state index < -0.39 is 25.6 Å². The first-order valence-corrected chi connectivity index (χ1v) is 13.9. The van der Waals surface area contributed by atoms with Gasteiger partial charge in [-0.05, 0) is 66.6 Å². The van der Waals surface area contributed by atoms with Gasteiger partial charge in [-0.25, -0.2) is 4.98 Å². The summed E-state index contributed by atoms with van der Waals surface area (Å²) in [5.41, 5.74) is 6.27. The Labute approximate surface area is 222 Å². The molecule has 0 atom stereocenters. The maximum Gasteiger partial charge on any atom is 0.394 e. The maximum absolute atomic E-state index is 13.3. The van der Waals surface area contributed by atoms with Crippen LogP contribution in [0.2, 0.25) is 0 Å². The molecule has 0 radical (unpaired) electrons. The molecule has 4 rings (SSSR count). The minimum absolute atomic E-state index is 0.0334. The van der Waals surface area contributed by atoms with E-state index in [9.17, 15) is 18.1 Å². The van der Waals surface area contributed by atoms with Gasteiger partial charge in [0.25, 0.3) is 0 Å². The molecule has 39 heavy (non-hydrogen) atoms. The third-order valence-electron chi connectivity index (χ3n) is 6.35. The molecule has 0 aliphatic rings. The van der Waals surface area contributed by atoms with Gasteiger partial charge in [0.1, 0.15) is 11.3 Å². The monoisotopic (exact) mass is 559 g/mol. The quantitative estimate of drug-likeness (QED) is 0.105. The SMILES string of the molecule is Nc1nc2cc(CCC(=O)O)ccc2c2cc(CCc3ccc(OCCCC(F)(F)P(=O)(O)O)cc3)cnc12. The molecule has 0 saturated heterocycles. The van der Waals surface area contributed by atoms with Crippen molar-refractivity contribution in [3.63, 3.8) is 0 Å². The number of pyridine rings is 2. The number of benzene rings is 2. The standard InChI is InChI=1S/C27H28F2N3O6P/c28-27(29,39(35,36)37)12-1-13-38-20-8-4-17(5-9-20)2-3-19-14-22-21-10-6-18(7-11-24(33)34)15-23(21)32-26(30)25(22)31-16-19/h4-6,8-10,14-16H,1-3,7,11-13H2,(H2,30,32)(H,33,34)(H2,35,36,37). The average molecular weight is 560 g/mol. The fraction of sp³-hybridized carbons (Fsp3) is 0.296. The van der Waals surface area contributed by atoms with Crippen molar-refractivity contribution in [1.82, 2.24) is 9.97 Å². The van der Waals surface area contributed by atoms with E-state index in [-0.39, 0.29) is 19.4 Å². The van der Waals surface area contributed by atoms with Gasteiger partial charge in [0.2, 0.25) is 0 Å². The number of aromatic nitrogens is 2. The summed E-state index contributed by atoms with van der Waals surface area (Å²) in [6.45, 7) is -0.0926. The normalized spacial score (nSPS) is 12.2. The highest BCUT2D eigenvalue weighted by Gasteiger charge is 2.47. The van der Waals surface area contributed by atoms with E-state index in [0.717, 1.165) is 27.5 Å². The molecule has 206 valence electrons. The summed E-state index contributed by atoms with van der Waals surface area (Å²) in [4.78, 5) is 37.2. The third-order valence-corrected chi connectivity index (χ3v) is 7.43. The molecule has 2 heterocycles. The third kappa shape index (κ3) is 7.06. The van der Waals surface area contributed by atoms with E-state index in [0.29, 0.717) is 41.9 Å². The van der Waals surface area contributed by atoms with E-state index in [2.05, 4.69) is 9.97 Å². The number of alkyl halides is 2. The minimum atomic E-state index is -5.48. The van der Waals surface area contributed by atoms with Crippen LogP contribution in [0, 0.1) is 0 Å². The summed E-state index contributed by atoms with van der Waals surface area (Å²) < 4.78 is 42.9.